The molecule has 2 rings (SSSR count). The molecule has 0 aromatic heterocycles. The zero-order valence-electron chi connectivity index (χ0n) is 17.1. The molecule has 1 saturated heterocycles. The lowest BCUT2D eigenvalue weighted by Crippen LogP contribution is -2.33. The molecule has 0 spiro atoms. The van der Waals surface area contributed by atoms with E-state index in [9.17, 15) is 14.4 Å². The van der Waals surface area contributed by atoms with Crippen molar-refractivity contribution in [3.05, 3.63) is 47.1 Å². The van der Waals surface area contributed by atoms with Crippen molar-refractivity contribution in [2.24, 2.45) is 5.92 Å². The minimum Gasteiger partial charge on any atom is -0.458 e. The summed E-state index contributed by atoms with van der Waals surface area (Å²) in [5, 5.41) is 0. The molecule has 6 nitrogen and oxygen atoms in total. The van der Waals surface area contributed by atoms with E-state index >= 15 is 0 Å². The van der Waals surface area contributed by atoms with Crippen molar-refractivity contribution in [3.63, 3.8) is 0 Å². The lowest BCUT2D eigenvalue weighted by molar-refractivity contribution is -0.146. The van der Waals surface area contributed by atoms with Gasteiger partial charge in [0, 0.05) is 18.1 Å². The second-order valence-corrected chi connectivity index (χ2v) is 7.32. The van der Waals surface area contributed by atoms with Gasteiger partial charge in [0.15, 0.2) is 0 Å². The number of carbonyl (C=O) groups is 3. The lowest BCUT2D eigenvalue weighted by Gasteiger charge is -2.27. The van der Waals surface area contributed by atoms with Crippen LogP contribution >= 0.6 is 0 Å². The van der Waals surface area contributed by atoms with Crippen LogP contribution in [-0.4, -0.2) is 36.2 Å². The van der Waals surface area contributed by atoms with E-state index in [-0.39, 0.29) is 11.5 Å². The van der Waals surface area contributed by atoms with Gasteiger partial charge >= 0.3 is 17.9 Å². The molecule has 0 amide bonds. The van der Waals surface area contributed by atoms with Crippen LogP contribution < -0.4 is 0 Å². The maximum absolute atomic E-state index is 12.4. The zero-order valence-corrected chi connectivity index (χ0v) is 17.1. The maximum atomic E-state index is 12.4. The smallest absolute Gasteiger partial charge is 0.334 e. The van der Waals surface area contributed by atoms with Crippen molar-refractivity contribution in [1.29, 1.82) is 0 Å². The number of ether oxygens (including phenoxy) is 3. The fourth-order valence-corrected chi connectivity index (χ4v) is 3.34. The number of allylic oxidation sites excluding steroid dienone is 2. The standard InChI is InChI=1S/C22H28O6/c1-7-13(3)21(24)27-18-10-12(2)8-9-17(26-16(6)23)14(4)11-19-20(18)15(5)22(25)28-19/h7,10-11,17-20H,5,8-9H2,1-4,6H3/b12-10+,13-7+,14-11-/t17-,18+,19-,20-/m0/s1. The van der Waals surface area contributed by atoms with Crippen LogP contribution in [0.4, 0.5) is 0 Å². The van der Waals surface area contributed by atoms with Gasteiger partial charge in [-0.3, -0.25) is 4.79 Å². The summed E-state index contributed by atoms with van der Waals surface area (Å²) in [6.45, 7) is 12.4. The zero-order chi connectivity index (χ0) is 21.0. The summed E-state index contributed by atoms with van der Waals surface area (Å²) < 4.78 is 16.6. The van der Waals surface area contributed by atoms with Crippen molar-refractivity contribution in [2.45, 2.75) is 65.8 Å². The third kappa shape index (κ3) is 5.00. The number of fused-ring (bicyclic) bond motifs is 1. The van der Waals surface area contributed by atoms with Crippen LogP contribution in [0.15, 0.2) is 47.1 Å². The molecule has 0 saturated carbocycles. The Kier molecular flexibility index (Phi) is 7.00. The van der Waals surface area contributed by atoms with Crippen LogP contribution in [-0.2, 0) is 28.6 Å². The van der Waals surface area contributed by atoms with Crippen LogP contribution in [0.5, 0.6) is 0 Å². The van der Waals surface area contributed by atoms with Crippen LogP contribution in [0.2, 0.25) is 0 Å². The molecule has 28 heavy (non-hydrogen) atoms. The normalized spacial score (nSPS) is 32.2. The summed E-state index contributed by atoms with van der Waals surface area (Å²) in [7, 11) is 0. The molecular formula is C22H28O6. The number of hydrogen-bond acceptors (Lipinski definition) is 6. The molecule has 0 aromatic carbocycles. The van der Waals surface area contributed by atoms with Gasteiger partial charge in [0.25, 0.3) is 0 Å². The molecule has 1 heterocycles. The molecular weight excluding hydrogens is 360 g/mol. The molecule has 0 radical (unpaired) electrons. The summed E-state index contributed by atoms with van der Waals surface area (Å²) in [6.07, 6.45) is 4.79. The third-order valence-corrected chi connectivity index (χ3v) is 5.11. The highest BCUT2D eigenvalue weighted by Crippen LogP contribution is 2.35. The molecule has 0 bridgehead atoms. The molecule has 0 N–H and O–H groups in total. The average molecular weight is 388 g/mol. The quantitative estimate of drug-likeness (QED) is 0.318. The minimum absolute atomic E-state index is 0.263. The summed E-state index contributed by atoms with van der Waals surface area (Å²) in [5.41, 5.74) is 2.50. The van der Waals surface area contributed by atoms with E-state index in [0.717, 1.165) is 11.1 Å². The van der Waals surface area contributed by atoms with Gasteiger partial charge in [-0.1, -0.05) is 18.2 Å². The Bertz CT molecular complexity index is 770. The molecule has 1 fully saturated rings. The second kappa shape index (κ2) is 9.04. The fourth-order valence-electron chi connectivity index (χ4n) is 3.34. The highest BCUT2D eigenvalue weighted by Gasteiger charge is 2.44. The monoisotopic (exact) mass is 388 g/mol. The largest absolute Gasteiger partial charge is 0.458 e. The first-order chi connectivity index (χ1) is 13.1. The van der Waals surface area contributed by atoms with Gasteiger partial charge < -0.3 is 14.2 Å². The van der Waals surface area contributed by atoms with E-state index in [1.807, 2.05) is 19.9 Å². The van der Waals surface area contributed by atoms with Crippen molar-refractivity contribution in [3.8, 4) is 0 Å². The number of carbonyl (C=O) groups excluding carboxylic acids is 3. The Labute approximate surface area is 165 Å². The number of esters is 3. The summed E-state index contributed by atoms with van der Waals surface area (Å²) in [5.74, 6) is -1.87. The predicted octanol–water partition coefficient (Wildman–Crippen LogP) is 3.58. The van der Waals surface area contributed by atoms with Crippen LogP contribution in [0.3, 0.4) is 0 Å². The molecule has 0 aromatic rings. The Hall–Kier alpha value is -2.63. The fraction of sp³-hybridized carbons (Fsp3) is 0.500. The number of hydrogen-bond donors (Lipinski definition) is 0. The van der Waals surface area contributed by atoms with E-state index in [4.69, 9.17) is 14.2 Å². The van der Waals surface area contributed by atoms with Gasteiger partial charge in [-0.15, -0.1) is 0 Å². The first kappa shape index (κ1) is 21.7. The van der Waals surface area contributed by atoms with E-state index in [1.165, 1.54) is 6.92 Å². The van der Waals surface area contributed by atoms with Gasteiger partial charge in [-0.25, -0.2) is 9.59 Å². The van der Waals surface area contributed by atoms with E-state index < -0.39 is 36.2 Å². The van der Waals surface area contributed by atoms with Crippen LogP contribution in [0.1, 0.15) is 47.5 Å². The molecule has 1 aliphatic heterocycles. The van der Waals surface area contributed by atoms with Crippen molar-refractivity contribution in [2.75, 3.05) is 0 Å². The number of rotatable bonds is 3. The first-order valence-electron chi connectivity index (χ1n) is 9.40. The van der Waals surface area contributed by atoms with Crippen LogP contribution in [0, 0.1) is 5.92 Å². The molecule has 0 unspecified atom stereocenters. The van der Waals surface area contributed by atoms with E-state index in [2.05, 4.69) is 6.58 Å². The molecule has 6 heteroatoms. The minimum atomic E-state index is -0.680. The lowest BCUT2D eigenvalue weighted by atomic mass is 9.86. The second-order valence-electron chi connectivity index (χ2n) is 7.32. The van der Waals surface area contributed by atoms with Gasteiger partial charge in [-0.2, -0.15) is 0 Å². The Morgan fingerprint density at radius 2 is 1.89 bits per heavy atom. The van der Waals surface area contributed by atoms with E-state index in [1.54, 1.807) is 26.0 Å². The predicted molar refractivity (Wildman–Crippen MR) is 104 cm³/mol. The van der Waals surface area contributed by atoms with Gasteiger partial charge in [0.1, 0.15) is 18.3 Å². The third-order valence-electron chi connectivity index (χ3n) is 5.11. The molecule has 4 atom stereocenters. The van der Waals surface area contributed by atoms with E-state index in [0.29, 0.717) is 18.4 Å². The van der Waals surface area contributed by atoms with Crippen molar-refractivity contribution < 1.29 is 28.6 Å². The SMILES string of the molecule is C=C1C(=O)O[C@H]2/C=C(/C)[C@@H](OC(C)=O)CC/C(C)=C/[C@@H](OC(=O)/C(C)=C/C)[C@H]12. The molecule has 152 valence electrons. The van der Waals surface area contributed by atoms with Crippen LogP contribution in [0.25, 0.3) is 0 Å². The van der Waals surface area contributed by atoms with Crippen molar-refractivity contribution in [1.82, 2.24) is 0 Å². The molecule has 1 aliphatic carbocycles. The first-order valence-corrected chi connectivity index (χ1v) is 9.40. The highest BCUT2D eigenvalue weighted by atomic mass is 16.6. The summed E-state index contributed by atoms with van der Waals surface area (Å²) in [6, 6.07) is 0. The Morgan fingerprint density at radius 1 is 1.21 bits per heavy atom. The molecule has 2 aliphatic rings. The van der Waals surface area contributed by atoms with Gasteiger partial charge in [-0.05, 0) is 58.3 Å². The van der Waals surface area contributed by atoms with Crippen molar-refractivity contribution >= 4 is 17.9 Å². The maximum Gasteiger partial charge on any atom is 0.334 e. The Balaban J connectivity index is 2.45. The summed E-state index contributed by atoms with van der Waals surface area (Å²) >= 11 is 0. The average Bonchev–Trinajstić information content (AvgIpc) is 2.89. The summed E-state index contributed by atoms with van der Waals surface area (Å²) in [4.78, 5) is 36.0. The topological polar surface area (TPSA) is 78.9 Å². The van der Waals surface area contributed by atoms with Gasteiger partial charge in [0.05, 0.1) is 5.92 Å². The Morgan fingerprint density at radius 3 is 2.50 bits per heavy atom. The highest BCUT2D eigenvalue weighted by molar-refractivity contribution is 5.92. The van der Waals surface area contributed by atoms with Gasteiger partial charge in [0.2, 0.25) is 0 Å².